The van der Waals surface area contributed by atoms with Crippen molar-refractivity contribution in [3.05, 3.63) is 29.8 Å². The van der Waals surface area contributed by atoms with Crippen LogP contribution in [0.15, 0.2) is 24.3 Å². The molecule has 92 valence electrons. The SMILES string of the molecule is COC(=O)NCc1ccccc1OC(=O)OC. The molecule has 0 saturated carbocycles. The van der Waals surface area contributed by atoms with Gasteiger partial charge in [0.05, 0.1) is 14.2 Å². The number of hydrogen-bond acceptors (Lipinski definition) is 5. The van der Waals surface area contributed by atoms with Gasteiger partial charge in [-0.25, -0.2) is 9.59 Å². The van der Waals surface area contributed by atoms with Crippen molar-refractivity contribution in [1.82, 2.24) is 5.32 Å². The molecule has 0 aromatic heterocycles. The lowest BCUT2D eigenvalue weighted by molar-refractivity contribution is 0.121. The van der Waals surface area contributed by atoms with Crippen molar-refractivity contribution in [3.8, 4) is 5.75 Å². The molecular formula is C11H13NO5. The van der Waals surface area contributed by atoms with E-state index >= 15 is 0 Å². The van der Waals surface area contributed by atoms with Gasteiger partial charge in [0.1, 0.15) is 5.75 Å². The molecule has 0 heterocycles. The van der Waals surface area contributed by atoms with Crippen LogP contribution in [0.3, 0.4) is 0 Å². The molecule has 1 N–H and O–H groups in total. The quantitative estimate of drug-likeness (QED) is 0.641. The van der Waals surface area contributed by atoms with Gasteiger partial charge in [0.15, 0.2) is 0 Å². The molecule has 6 nitrogen and oxygen atoms in total. The fourth-order valence-electron chi connectivity index (χ4n) is 1.12. The van der Waals surface area contributed by atoms with E-state index < -0.39 is 12.2 Å². The van der Waals surface area contributed by atoms with Crippen LogP contribution in [0.2, 0.25) is 0 Å². The van der Waals surface area contributed by atoms with E-state index in [1.54, 1.807) is 24.3 Å². The first-order chi connectivity index (χ1) is 8.17. The van der Waals surface area contributed by atoms with Crippen molar-refractivity contribution < 1.29 is 23.8 Å². The maximum atomic E-state index is 11.0. The van der Waals surface area contributed by atoms with Crippen LogP contribution in [-0.4, -0.2) is 26.5 Å². The summed E-state index contributed by atoms with van der Waals surface area (Å²) in [6.45, 7) is 0.194. The van der Waals surface area contributed by atoms with Crippen molar-refractivity contribution in [1.29, 1.82) is 0 Å². The lowest BCUT2D eigenvalue weighted by Gasteiger charge is -2.09. The smallest absolute Gasteiger partial charge is 0.453 e. The molecular weight excluding hydrogens is 226 g/mol. The Morgan fingerprint density at radius 3 is 2.53 bits per heavy atom. The van der Waals surface area contributed by atoms with Crippen LogP contribution >= 0.6 is 0 Å². The number of nitrogens with one attached hydrogen (secondary N) is 1. The number of hydrogen-bond donors (Lipinski definition) is 1. The first-order valence-electron chi connectivity index (χ1n) is 4.83. The van der Waals surface area contributed by atoms with E-state index in [-0.39, 0.29) is 6.54 Å². The minimum absolute atomic E-state index is 0.194. The maximum Gasteiger partial charge on any atom is 0.513 e. The number of ether oxygens (including phenoxy) is 3. The second-order valence-corrected chi connectivity index (χ2v) is 3.01. The number of amides is 1. The van der Waals surface area contributed by atoms with Crippen LogP contribution in [-0.2, 0) is 16.0 Å². The normalized spacial score (nSPS) is 9.29. The fraction of sp³-hybridized carbons (Fsp3) is 0.273. The predicted molar refractivity (Wildman–Crippen MR) is 58.7 cm³/mol. The Bertz CT molecular complexity index is 405. The molecule has 0 radical (unpaired) electrons. The number of carbonyl (C=O) groups excluding carboxylic acids is 2. The lowest BCUT2D eigenvalue weighted by atomic mass is 10.2. The Balaban J connectivity index is 2.70. The number of alkyl carbamates (subject to hydrolysis) is 1. The molecule has 0 aliphatic carbocycles. The Hall–Kier alpha value is -2.24. The monoisotopic (exact) mass is 239 g/mol. The van der Waals surface area contributed by atoms with Crippen molar-refractivity contribution >= 4 is 12.2 Å². The van der Waals surface area contributed by atoms with E-state index in [4.69, 9.17) is 4.74 Å². The molecule has 0 bridgehead atoms. The number of rotatable bonds is 3. The molecule has 0 aliphatic rings. The summed E-state index contributed by atoms with van der Waals surface area (Å²) in [5.74, 6) is 0.329. The second kappa shape index (κ2) is 6.37. The van der Waals surface area contributed by atoms with Gasteiger partial charge in [0.2, 0.25) is 0 Å². The zero-order valence-corrected chi connectivity index (χ0v) is 9.56. The molecule has 1 aromatic rings. The molecule has 0 spiro atoms. The zero-order valence-electron chi connectivity index (χ0n) is 9.56. The highest BCUT2D eigenvalue weighted by atomic mass is 16.7. The van der Waals surface area contributed by atoms with Gasteiger partial charge >= 0.3 is 12.2 Å². The third kappa shape index (κ3) is 4.02. The van der Waals surface area contributed by atoms with E-state index in [1.807, 2.05) is 0 Å². The lowest BCUT2D eigenvalue weighted by Crippen LogP contribution is -2.23. The fourth-order valence-corrected chi connectivity index (χ4v) is 1.12. The summed E-state index contributed by atoms with van der Waals surface area (Å²) >= 11 is 0. The van der Waals surface area contributed by atoms with E-state index in [2.05, 4.69) is 14.8 Å². The number of carbonyl (C=O) groups is 2. The van der Waals surface area contributed by atoms with Gasteiger partial charge in [-0.05, 0) is 6.07 Å². The van der Waals surface area contributed by atoms with Crippen LogP contribution < -0.4 is 10.1 Å². The minimum Gasteiger partial charge on any atom is -0.453 e. The zero-order chi connectivity index (χ0) is 12.7. The third-order valence-electron chi connectivity index (χ3n) is 1.94. The molecule has 0 saturated heterocycles. The van der Waals surface area contributed by atoms with E-state index in [0.717, 1.165) is 0 Å². The summed E-state index contributed by atoms with van der Waals surface area (Å²) in [6, 6.07) is 6.79. The second-order valence-electron chi connectivity index (χ2n) is 3.01. The molecule has 6 heteroatoms. The summed E-state index contributed by atoms with van der Waals surface area (Å²) in [6.07, 6.45) is -1.37. The Kier molecular flexibility index (Phi) is 4.80. The standard InChI is InChI=1S/C11H13NO5/c1-15-10(13)12-7-8-5-3-4-6-9(8)17-11(14)16-2/h3-6H,7H2,1-2H3,(H,12,13). The van der Waals surface area contributed by atoms with Crippen molar-refractivity contribution in [2.24, 2.45) is 0 Å². The van der Waals surface area contributed by atoms with Crippen LogP contribution in [0.25, 0.3) is 0 Å². The summed E-state index contributed by atoms with van der Waals surface area (Å²) in [7, 11) is 2.49. The maximum absolute atomic E-state index is 11.0. The molecule has 1 aromatic carbocycles. The summed E-state index contributed by atoms with van der Waals surface area (Å²) < 4.78 is 13.7. The van der Waals surface area contributed by atoms with Crippen LogP contribution in [0.1, 0.15) is 5.56 Å². The average molecular weight is 239 g/mol. The summed E-state index contributed by atoms with van der Waals surface area (Å²) in [5.41, 5.74) is 0.642. The molecule has 0 fully saturated rings. The van der Waals surface area contributed by atoms with Crippen molar-refractivity contribution in [2.75, 3.05) is 14.2 Å². The largest absolute Gasteiger partial charge is 0.513 e. The van der Waals surface area contributed by atoms with Crippen LogP contribution in [0, 0.1) is 0 Å². The molecule has 0 aliphatic heterocycles. The number of methoxy groups -OCH3 is 2. The first-order valence-corrected chi connectivity index (χ1v) is 4.83. The number of benzene rings is 1. The van der Waals surface area contributed by atoms with Crippen molar-refractivity contribution in [3.63, 3.8) is 0 Å². The van der Waals surface area contributed by atoms with Crippen molar-refractivity contribution in [2.45, 2.75) is 6.54 Å². The van der Waals surface area contributed by atoms with E-state index in [9.17, 15) is 9.59 Å². The highest BCUT2D eigenvalue weighted by Gasteiger charge is 2.09. The van der Waals surface area contributed by atoms with Gasteiger partial charge < -0.3 is 19.5 Å². The van der Waals surface area contributed by atoms with Crippen LogP contribution in [0.4, 0.5) is 9.59 Å². The Labute approximate surface area is 98.5 Å². The van der Waals surface area contributed by atoms with Gasteiger partial charge in [-0.2, -0.15) is 0 Å². The van der Waals surface area contributed by atoms with Gasteiger partial charge in [0.25, 0.3) is 0 Å². The predicted octanol–water partition coefficient (Wildman–Crippen LogP) is 1.69. The molecule has 1 amide bonds. The van der Waals surface area contributed by atoms with E-state index in [0.29, 0.717) is 11.3 Å². The van der Waals surface area contributed by atoms with Crippen LogP contribution in [0.5, 0.6) is 5.75 Å². The third-order valence-corrected chi connectivity index (χ3v) is 1.94. The minimum atomic E-state index is -0.810. The Morgan fingerprint density at radius 1 is 1.18 bits per heavy atom. The molecule has 17 heavy (non-hydrogen) atoms. The molecule has 0 atom stereocenters. The summed E-state index contributed by atoms with van der Waals surface area (Å²) in [5, 5.41) is 2.49. The highest BCUT2D eigenvalue weighted by Crippen LogP contribution is 2.18. The molecule has 1 rings (SSSR count). The highest BCUT2D eigenvalue weighted by molar-refractivity contribution is 5.67. The molecule has 0 unspecified atom stereocenters. The summed E-state index contributed by atoms with van der Waals surface area (Å²) in [4.78, 5) is 21.9. The topological polar surface area (TPSA) is 73.9 Å². The Morgan fingerprint density at radius 2 is 1.88 bits per heavy atom. The average Bonchev–Trinajstić information content (AvgIpc) is 2.37. The van der Waals surface area contributed by atoms with Gasteiger partial charge in [-0.3, -0.25) is 0 Å². The van der Waals surface area contributed by atoms with E-state index in [1.165, 1.54) is 14.2 Å². The first kappa shape index (κ1) is 12.8. The number of para-hydroxylation sites is 1. The van der Waals surface area contributed by atoms with Gasteiger partial charge in [0, 0.05) is 12.1 Å². The van der Waals surface area contributed by atoms with Gasteiger partial charge in [-0.1, -0.05) is 18.2 Å². The van der Waals surface area contributed by atoms with Gasteiger partial charge in [-0.15, -0.1) is 0 Å².